The van der Waals surface area contributed by atoms with Gasteiger partial charge in [0.1, 0.15) is 5.01 Å². The van der Waals surface area contributed by atoms with Crippen LogP contribution in [0.15, 0.2) is 48.5 Å². The van der Waals surface area contributed by atoms with E-state index in [0.717, 1.165) is 20.8 Å². The third kappa shape index (κ3) is 4.17. The van der Waals surface area contributed by atoms with Crippen molar-refractivity contribution in [1.29, 1.82) is 0 Å². The van der Waals surface area contributed by atoms with Crippen LogP contribution in [0, 0.1) is 24.0 Å². The molecule has 1 N–H and O–H groups in total. The summed E-state index contributed by atoms with van der Waals surface area (Å²) in [7, 11) is 0. The number of nitro groups is 1. The summed E-state index contributed by atoms with van der Waals surface area (Å²) >= 11 is 1.63. The van der Waals surface area contributed by atoms with Crippen LogP contribution in [0.3, 0.4) is 0 Å². The van der Waals surface area contributed by atoms with Crippen molar-refractivity contribution in [2.24, 2.45) is 0 Å². The SMILES string of the molecule is CCC(C(=O)Nc1ccc(-c2nc3ccc(C)cc3s2)cc1)n1nc([N+](=O)[O-])cc1C. The Bertz CT molecular complexity index is 1280. The largest absolute Gasteiger partial charge is 0.390 e. The fourth-order valence-corrected chi connectivity index (χ4v) is 4.49. The van der Waals surface area contributed by atoms with Crippen LogP contribution in [0.2, 0.25) is 0 Å². The lowest BCUT2D eigenvalue weighted by atomic mass is 10.1. The van der Waals surface area contributed by atoms with Crippen LogP contribution >= 0.6 is 11.3 Å². The van der Waals surface area contributed by atoms with Gasteiger partial charge in [0.25, 0.3) is 5.91 Å². The molecule has 31 heavy (non-hydrogen) atoms. The van der Waals surface area contributed by atoms with Crippen LogP contribution in [-0.4, -0.2) is 25.6 Å². The Hall–Kier alpha value is -3.59. The molecule has 0 saturated carbocycles. The van der Waals surface area contributed by atoms with E-state index in [0.29, 0.717) is 17.8 Å². The fourth-order valence-electron chi connectivity index (χ4n) is 3.42. The molecule has 0 aliphatic rings. The van der Waals surface area contributed by atoms with Crippen molar-refractivity contribution in [2.75, 3.05) is 5.32 Å². The zero-order valence-electron chi connectivity index (χ0n) is 17.3. The Morgan fingerprint density at radius 2 is 1.94 bits per heavy atom. The van der Waals surface area contributed by atoms with Gasteiger partial charge in [0.05, 0.1) is 27.1 Å². The molecule has 8 nitrogen and oxygen atoms in total. The summed E-state index contributed by atoms with van der Waals surface area (Å²) in [5, 5.41) is 18.8. The first-order chi connectivity index (χ1) is 14.9. The van der Waals surface area contributed by atoms with Crippen molar-refractivity contribution in [1.82, 2.24) is 14.8 Å². The number of aromatic nitrogens is 3. The molecular formula is C22H21N5O3S. The average Bonchev–Trinajstić information content (AvgIpc) is 3.33. The van der Waals surface area contributed by atoms with E-state index < -0.39 is 11.0 Å². The van der Waals surface area contributed by atoms with Crippen LogP contribution in [-0.2, 0) is 4.79 Å². The number of carbonyl (C=O) groups is 1. The highest BCUT2D eigenvalue weighted by molar-refractivity contribution is 7.21. The number of nitrogens with one attached hydrogen (secondary N) is 1. The van der Waals surface area contributed by atoms with Gasteiger partial charge in [0, 0.05) is 11.3 Å². The molecule has 4 rings (SSSR count). The second kappa shape index (κ2) is 8.27. The first-order valence-corrected chi connectivity index (χ1v) is 10.7. The highest BCUT2D eigenvalue weighted by Crippen LogP contribution is 2.31. The van der Waals surface area contributed by atoms with Gasteiger partial charge < -0.3 is 15.4 Å². The average molecular weight is 436 g/mol. The van der Waals surface area contributed by atoms with E-state index in [1.807, 2.05) is 43.3 Å². The number of hydrogen-bond donors (Lipinski definition) is 1. The maximum Gasteiger partial charge on any atom is 0.390 e. The number of aryl methyl sites for hydroxylation is 2. The molecule has 9 heteroatoms. The van der Waals surface area contributed by atoms with Crippen molar-refractivity contribution in [2.45, 2.75) is 33.2 Å². The molecule has 2 aromatic heterocycles. The second-order valence-corrected chi connectivity index (χ2v) is 8.36. The molecule has 0 aliphatic carbocycles. The standard InChI is InChI=1S/C22H21N5O3S/c1-4-18(26-14(3)12-20(25-26)27(29)30)21(28)23-16-8-6-15(7-9-16)22-24-17-10-5-13(2)11-19(17)31-22/h5-12,18H,4H2,1-3H3,(H,23,28). The lowest BCUT2D eigenvalue weighted by Gasteiger charge is -2.14. The van der Waals surface area contributed by atoms with E-state index in [1.165, 1.54) is 16.3 Å². The van der Waals surface area contributed by atoms with Gasteiger partial charge in [-0.2, -0.15) is 4.68 Å². The van der Waals surface area contributed by atoms with Crippen molar-refractivity contribution in [3.63, 3.8) is 0 Å². The molecule has 4 aromatic rings. The predicted octanol–water partition coefficient (Wildman–Crippen LogP) is 5.27. The maximum atomic E-state index is 12.8. The van der Waals surface area contributed by atoms with Gasteiger partial charge in [-0.05, 0) is 67.2 Å². The summed E-state index contributed by atoms with van der Waals surface area (Å²) in [5.74, 6) is -0.536. The van der Waals surface area contributed by atoms with E-state index in [-0.39, 0.29) is 11.7 Å². The summed E-state index contributed by atoms with van der Waals surface area (Å²) in [5.41, 5.74) is 4.35. The molecule has 2 heterocycles. The molecule has 1 atom stereocenters. The summed E-state index contributed by atoms with van der Waals surface area (Å²) < 4.78 is 2.55. The zero-order chi connectivity index (χ0) is 22.1. The van der Waals surface area contributed by atoms with Crippen LogP contribution < -0.4 is 5.32 Å². The number of amides is 1. The number of anilines is 1. The maximum absolute atomic E-state index is 12.8. The Morgan fingerprint density at radius 3 is 2.58 bits per heavy atom. The van der Waals surface area contributed by atoms with Gasteiger partial charge in [-0.3, -0.25) is 4.79 Å². The molecule has 0 saturated heterocycles. The molecule has 0 aliphatic heterocycles. The Labute approximate surface area is 182 Å². The Balaban J connectivity index is 1.52. The normalized spacial score (nSPS) is 12.1. The zero-order valence-corrected chi connectivity index (χ0v) is 18.1. The van der Waals surface area contributed by atoms with E-state index >= 15 is 0 Å². The summed E-state index contributed by atoms with van der Waals surface area (Å²) in [4.78, 5) is 27.9. The second-order valence-electron chi connectivity index (χ2n) is 7.33. The molecule has 0 bridgehead atoms. The van der Waals surface area contributed by atoms with Crippen LogP contribution in [0.25, 0.3) is 20.8 Å². The van der Waals surface area contributed by atoms with Gasteiger partial charge >= 0.3 is 5.82 Å². The summed E-state index contributed by atoms with van der Waals surface area (Å²) in [6.07, 6.45) is 0.453. The van der Waals surface area contributed by atoms with Crippen molar-refractivity contribution in [3.05, 3.63) is 69.9 Å². The van der Waals surface area contributed by atoms with Gasteiger partial charge in [0.2, 0.25) is 0 Å². The molecule has 1 amide bonds. The summed E-state index contributed by atoms with van der Waals surface area (Å²) in [6.45, 7) is 5.60. The van der Waals surface area contributed by atoms with Crippen molar-refractivity contribution in [3.8, 4) is 10.6 Å². The number of carbonyl (C=O) groups excluding carboxylic acids is 1. The third-order valence-electron chi connectivity index (χ3n) is 5.02. The van der Waals surface area contributed by atoms with Gasteiger partial charge in [-0.25, -0.2) is 4.98 Å². The topological polar surface area (TPSA) is 103 Å². The van der Waals surface area contributed by atoms with Crippen LogP contribution in [0.1, 0.15) is 30.6 Å². The smallest absolute Gasteiger partial charge is 0.358 e. The lowest BCUT2D eigenvalue weighted by Crippen LogP contribution is -2.27. The van der Waals surface area contributed by atoms with Gasteiger partial charge in [-0.1, -0.05) is 13.0 Å². The highest BCUT2D eigenvalue weighted by atomic mass is 32.1. The first-order valence-electron chi connectivity index (χ1n) is 9.84. The van der Waals surface area contributed by atoms with E-state index in [2.05, 4.69) is 28.4 Å². The molecule has 1 unspecified atom stereocenters. The van der Waals surface area contributed by atoms with Crippen LogP contribution in [0.5, 0.6) is 0 Å². The molecule has 0 fully saturated rings. The molecule has 0 spiro atoms. The number of thiazole rings is 1. The van der Waals surface area contributed by atoms with E-state index in [9.17, 15) is 14.9 Å². The fraction of sp³-hybridized carbons (Fsp3) is 0.227. The minimum Gasteiger partial charge on any atom is -0.358 e. The Morgan fingerprint density at radius 1 is 1.19 bits per heavy atom. The highest BCUT2D eigenvalue weighted by Gasteiger charge is 2.27. The number of hydrogen-bond acceptors (Lipinski definition) is 6. The predicted molar refractivity (Wildman–Crippen MR) is 121 cm³/mol. The minimum absolute atomic E-state index is 0.265. The monoisotopic (exact) mass is 435 g/mol. The molecule has 2 aromatic carbocycles. The van der Waals surface area contributed by atoms with Crippen molar-refractivity contribution < 1.29 is 9.72 Å². The number of benzene rings is 2. The molecular weight excluding hydrogens is 414 g/mol. The van der Waals surface area contributed by atoms with E-state index in [1.54, 1.807) is 18.3 Å². The minimum atomic E-state index is -0.638. The number of fused-ring (bicyclic) bond motifs is 1. The summed E-state index contributed by atoms with van der Waals surface area (Å²) in [6, 6.07) is 14.4. The Kier molecular flexibility index (Phi) is 5.51. The quantitative estimate of drug-likeness (QED) is 0.328. The van der Waals surface area contributed by atoms with Crippen molar-refractivity contribution >= 4 is 39.0 Å². The molecule has 0 radical (unpaired) electrons. The third-order valence-corrected chi connectivity index (χ3v) is 6.09. The molecule has 158 valence electrons. The van der Waals surface area contributed by atoms with Gasteiger partial charge in [0.15, 0.2) is 6.04 Å². The van der Waals surface area contributed by atoms with Gasteiger partial charge in [-0.15, -0.1) is 11.3 Å². The first kappa shape index (κ1) is 20.7. The number of nitrogens with zero attached hydrogens (tertiary/aromatic N) is 4. The van der Waals surface area contributed by atoms with Crippen LogP contribution in [0.4, 0.5) is 11.5 Å². The van der Waals surface area contributed by atoms with E-state index in [4.69, 9.17) is 0 Å². The number of rotatable bonds is 6. The lowest BCUT2D eigenvalue weighted by molar-refractivity contribution is -0.389.